The number of hydrogen-bond donors (Lipinski definition) is 1. The first kappa shape index (κ1) is 15.2. The SMILES string of the molecule is CCOC(=O)C(CSC(C)CC)(NC1CC1)C1CC1. The average Bonchev–Trinajstić information content (AvgIpc) is 3.27. The van der Waals surface area contributed by atoms with E-state index in [0.29, 0.717) is 23.8 Å². The van der Waals surface area contributed by atoms with Crippen molar-refractivity contribution in [1.82, 2.24) is 5.32 Å². The molecule has 2 unspecified atom stereocenters. The van der Waals surface area contributed by atoms with Crippen LogP contribution in [0.4, 0.5) is 0 Å². The monoisotopic (exact) mass is 285 g/mol. The van der Waals surface area contributed by atoms with Crippen molar-refractivity contribution >= 4 is 17.7 Å². The highest BCUT2D eigenvalue weighted by Gasteiger charge is 2.53. The van der Waals surface area contributed by atoms with E-state index in [-0.39, 0.29) is 5.97 Å². The Labute approximate surface area is 121 Å². The van der Waals surface area contributed by atoms with Crippen LogP contribution in [0, 0.1) is 5.92 Å². The van der Waals surface area contributed by atoms with E-state index in [4.69, 9.17) is 4.74 Å². The summed E-state index contributed by atoms with van der Waals surface area (Å²) in [7, 11) is 0. The minimum atomic E-state index is -0.411. The standard InChI is InChI=1S/C15H27NO2S/c1-4-11(3)19-10-15(12-6-7-12,14(17)18-5-2)16-13-8-9-13/h11-13,16H,4-10H2,1-3H3. The van der Waals surface area contributed by atoms with E-state index < -0.39 is 5.54 Å². The maximum atomic E-state index is 12.5. The largest absolute Gasteiger partial charge is 0.465 e. The molecule has 2 aliphatic rings. The molecule has 2 fully saturated rings. The van der Waals surface area contributed by atoms with Crippen LogP contribution in [-0.2, 0) is 9.53 Å². The molecule has 0 amide bonds. The summed E-state index contributed by atoms with van der Waals surface area (Å²) in [5.74, 6) is 1.34. The highest BCUT2D eigenvalue weighted by atomic mass is 32.2. The molecule has 0 aliphatic heterocycles. The van der Waals surface area contributed by atoms with Gasteiger partial charge in [0.2, 0.25) is 0 Å². The Morgan fingerprint density at radius 2 is 2.05 bits per heavy atom. The van der Waals surface area contributed by atoms with E-state index >= 15 is 0 Å². The second-order valence-electron chi connectivity index (χ2n) is 5.91. The van der Waals surface area contributed by atoms with Gasteiger partial charge in [0.15, 0.2) is 0 Å². The first-order chi connectivity index (χ1) is 9.12. The quantitative estimate of drug-likeness (QED) is 0.661. The van der Waals surface area contributed by atoms with Gasteiger partial charge in [-0.05, 0) is 44.9 Å². The fourth-order valence-electron chi connectivity index (χ4n) is 2.38. The van der Waals surface area contributed by atoms with E-state index in [1.165, 1.54) is 25.7 Å². The molecule has 2 rings (SSSR count). The van der Waals surface area contributed by atoms with Crippen LogP contribution in [0.1, 0.15) is 52.9 Å². The van der Waals surface area contributed by atoms with Crippen LogP contribution in [0.3, 0.4) is 0 Å². The molecule has 0 aromatic carbocycles. The molecule has 1 N–H and O–H groups in total. The normalized spacial score (nSPS) is 23.7. The molecule has 0 aromatic rings. The van der Waals surface area contributed by atoms with Crippen molar-refractivity contribution < 1.29 is 9.53 Å². The molecule has 0 bridgehead atoms. The smallest absolute Gasteiger partial charge is 0.327 e. The molecule has 19 heavy (non-hydrogen) atoms. The summed E-state index contributed by atoms with van der Waals surface area (Å²) in [6.45, 7) is 6.82. The van der Waals surface area contributed by atoms with Crippen molar-refractivity contribution in [3.8, 4) is 0 Å². The second-order valence-corrected chi connectivity index (χ2v) is 7.34. The van der Waals surface area contributed by atoms with Gasteiger partial charge in [-0.15, -0.1) is 0 Å². The van der Waals surface area contributed by atoms with Gasteiger partial charge in [-0.3, -0.25) is 10.1 Å². The van der Waals surface area contributed by atoms with Crippen molar-refractivity contribution in [3.05, 3.63) is 0 Å². The Morgan fingerprint density at radius 3 is 2.53 bits per heavy atom. The lowest BCUT2D eigenvalue weighted by molar-refractivity contribution is -0.151. The predicted molar refractivity (Wildman–Crippen MR) is 80.5 cm³/mol. The third-order valence-electron chi connectivity index (χ3n) is 4.12. The summed E-state index contributed by atoms with van der Waals surface area (Å²) in [5, 5.41) is 4.24. The first-order valence-electron chi connectivity index (χ1n) is 7.69. The molecular weight excluding hydrogens is 258 g/mol. The fraction of sp³-hybridized carbons (Fsp3) is 0.933. The Kier molecular flexibility index (Phi) is 5.18. The van der Waals surface area contributed by atoms with Crippen LogP contribution < -0.4 is 5.32 Å². The number of esters is 1. The zero-order valence-corrected chi connectivity index (χ0v) is 13.2. The summed E-state index contributed by atoms with van der Waals surface area (Å²) in [6.07, 6.45) is 5.90. The van der Waals surface area contributed by atoms with Crippen LogP contribution in [-0.4, -0.2) is 35.2 Å². The van der Waals surface area contributed by atoms with E-state index in [9.17, 15) is 4.79 Å². The van der Waals surface area contributed by atoms with E-state index in [1.54, 1.807) is 0 Å². The highest BCUT2D eigenvalue weighted by Crippen LogP contribution is 2.44. The van der Waals surface area contributed by atoms with Crippen molar-refractivity contribution in [3.63, 3.8) is 0 Å². The minimum absolute atomic E-state index is 0.0137. The summed E-state index contributed by atoms with van der Waals surface area (Å²) < 4.78 is 5.39. The highest BCUT2D eigenvalue weighted by molar-refractivity contribution is 8.00. The summed E-state index contributed by atoms with van der Waals surface area (Å²) >= 11 is 1.91. The van der Waals surface area contributed by atoms with Gasteiger partial charge in [0.05, 0.1) is 6.61 Å². The van der Waals surface area contributed by atoms with Crippen LogP contribution in [0.15, 0.2) is 0 Å². The molecule has 0 spiro atoms. The van der Waals surface area contributed by atoms with E-state index in [0.717, 1.165) is 12.2 Å². The Morgan fingerprint density at radius 1 is 1.37 bits per heavy atom. The molecule has 2 aliphatic carbocycles. The topological polar surface area (TPSA) is 38.3 Å². The van der Waals surface area contributed by atoms with Crippen LogP contribution in [0.25, 0.3) is 0 Å². The van der Waals surface area contributed by atoms with Gasteiger partial charge in [0.25, 0.3) is 0 Å². The van der Waals surface area contributed by atoms with Gasteiger partial charge in [-0.1, -0.05) is 13.8 Å². The van der Waals surface area contributed by atoms with Gasteiger partial charge in [0, 0.05) is 17.0 Å². The Balaban J connectivity index is 2.05. The maximum Gasteiger partial charge on any atom is 0.327 e. The molecule has 0 radical (unpaired) electrons. The second kappa shape index (κ2) is 6.49. The van der Waals surface area contributed by atoms with E-state index in [2.05, 4.69) is 19.2 Å². The maximum absolute atomic E-state index is 12.5. The molecule has 2 saturated carbocycles. The lowest BCUT2D eigenvalue weighted by Gasteiger charge is -2.33. The summed E-state index contributed by atoms with van der Waals surface area (Å²) in [6, 6.07) is 0.544. The lowest BCUT2D eigenvalue weighted by Crippen LogP contribution is -2.58. The average molecular weight is 285 g/mol. The molecule has 0 heterocycles. The molecule has 3 nitrogen and oxygen atoms in total. The number of carbonyl (C=O) groups excluding carboxylic acids is 1. The lowest BCUT2D eigenvalue weighted by atomic mass is 9.95. The minimum Gasteiger partial charge on any atom is -0.465 e. The van der Waals surface area contributed by atoms with Gasteiger partial charge in [-0.25, -0.2) is 0 Å². The molecule has 0 saturated heterocycles. The number of carbonyl (C=O) groups is 1. The van der Waals surface area contributed by atoms with Crippen molar-refractivity contribution in [2.75, 3.05) is 12.4 Å². The van der Waals surface area contributed by atoms with Crippen LogP contribution in [0.5, 0.6) is 0 Å². The van der Waals surface area contributed by atoms with Crippen molar-refractivity contribution in [2.24, 2.45) is 5.92 Å². The van der Waals surface area contributed by atoms with Gasteiger partial charge < -0.3 is 4.74 Å². The fourth-order valence-corrected chi connectivity index (χ4v) is 3.60. The van der Waals surface area contributed by atoms with E-state index in [1.807, 2.05) is 18.7 Å². The number of hydrogen-bond acceptors (Lipinski definition) is 4. The summed E-state index contributed by atoms with van der Waals surface area (Å²) in [5.41, 5.74) is -0.411. The number of thioether (sulfide) groups is 1. The molecule has 2 atom stereocenters. The number of rotatable bonds is 9. The zero-order chi connectivity index (χ0) is 13.9. The molecule has 110 valence electrons. The third-order valence-corrected chi connectivity index (χ3v) is 5.65. The Bertz CT molecular complexity index is 315. The van der Waals surface area contributed by atoms with Crippen LogP contribution >= 0.6 is 11.8 Å². The van der Waals surface area contributed by atoms with Crippen molar-refractivity contribution in [1.29, 1.82) is 0 Å². The zero-order valence-electron chi connectivity index (χ0n) is 12.4. The van der Waals surface area contributed by atoms with Crippen molar-refractivity contribution in [2.45, 2.75) is 69.7 Å². The van der Waals surface area contributed by atoms with Crippen LogP contribution in [0.2, 0.25) is 0 Å². The molecule has 0 aromatic heterocycles. The van der Waals surface area contributed by atoms with Gasteiger partial charge >= 0.3 is 5.97 Å². The summed E-state index contributed by atoms with van der Waals surface area (Å²) in [4.78, 5) is 12.5. The predicted octanol–water partition coefficient (Wildman–Crippen LogP) is 2.98. The first-order valence-corrected chi connectivity index (χ1v) is 8.73. The third kappa shape index (κ3) is 3.88. The molecule has 4 heteroatoms. The van der Waals surface area contributed by atoms with Gasteiger partial charge in [-0.2, -0.15) is 11.8 Å². The number of ether oxygens (including phenoxy) is 1. The van der Waals surface area contributed by atoms with Gasteiger partial charge in [0.1, 0.15) is 5.54 Å². The molecular formula is C15H27NO2S. The Hall–Kier alpha value is -0.220. The number of nitrogens with one attached hydrogen (secondary N) is 1.